The first kappa shape index (κ1) is 14.4. The van der Waals surface area contributed by atoms with E-state index in [1.807, 2.05) is 31.3 Å². The Labute approximate surface area is 128 Å². The number of nitrogens with one attached hydrogen (secondary N) is 1. The van der Waals surface area contributed by atoms with E-state index < -0.39 is 0 Å². The lowest BCUT2D eigenvalue weighted by Gasteiger charge is -2.22. The van der Waals surface area contributed by atoms with Gasteiger partial charge in [-0.05, 0) is 37.2 Å². The zero-order valence-electron chi connectivity index (χ0n) is 11.8. The number of ether oxygens (including phenoxy) is 1. The lowest BCUT2D eigenvalue weighted by atomic mass is 9.89. The zero-order chi connectivity index (χ0) is 14.8. The number of rotatable bonds is 4. The molecule has 2 unspecified atom stereocenters. The normalized spacial score (nSPS) is 18.1. The molecule has 3 rings (SSSR count). The standard InChI is InChI=1S/C17H17ClFNO/c1-20-16(9-11-6-7-14(18)15(19)8-11)13-10-21-17-5-3-2-4-12(13)17/h2-8,13,16,20H,9-10H2,1H3. The van der Waals surface area contributed by atoms with E-state index in [4.69, 9.17) is 16.3 Å². The highest BCUT2D eigenvalue weighted by Crippen LogP contribution is 2.36. The van der Waals surface area contributed by atoms with Crippen molar-refractivity contribution < 1.29 is 9.13 Å². The molecule has 2 nitrogen and oxygen atoms in total. The van der Waals surface area contributed by atoms with E-state index in [1.165, 1.54) is 11.6 Å². The molecule has 0 fully saturated rings. The van der Waals surface area contributed by atoms with Crippen molar-refractivity contribution in [2.24, 2.45) is 0 Å². The molecule has 0 amide bonds. The average molecular weight is 306 g/mol. The topological polar surface area (TPSA) is 21.3 Å². The Morgan fingerprint density at radius 1 is 1.33 bits per heavy atom. The summed E-state index contributed by atoms with van der Waals surface area (Å²) in [5, 5.41) is 3.49. The summed E-state index contributed by atoms with van der Waals surface area (Å²) in [4.78, 5) is 0. The van der Waals surface area contributed by atoms with Crippen LogP contribution in [0.3, 0.4) is 0 Å². The molecule has 0 bridgehead atoms. The SMILES string of the molecule is CNC(Cc1ccc(Cl)c(F)c1)C1COc2ccccc21. The molecule has 0 saturated heterocycles. The van der Waals surface area contributed by atoms with Crippen LogP contribution < -0.4 is 10.1 Å². The maximum absolute atomic E-state index is 13.6. The molecule has 1 aliphatic heterocycles. The lowest BCUT2D eigenvalue weighted by Crippen LogP contribution is -2.35. The van der Waals surface area contributed by atoms with Crippen LogP contribution in [0.4, 0.5) is 4.39 Å². The number of likely N-dealkylation sites (N-methyl/N-ethyl adjacent to an activating group) is 1. The second-order valence-corrected chi connectivity index (χ2v) is 5.71. The van der Waals surface area contributed by atoms with Crippen molar-refractivity contribution in [3.8, 4) is 5.75 Å². The van der Waals surface area contributed by atoms with E-state index in [1.54, 1.807) is 6.07 Å². The van der Waals surface area contributed by atoms with Crippen molar-refractivity contribution in [1.29, 1.82) is 0 Å². The molecule has 1 aliphatic rings. The summed E-state index contributed by atoms with van der Waals surface area (Å²) in [7, 11) is 1.93. The summed E-state index contributed by atoms with van der Waals surface area (Å²) in [5.41, 5.74) is 2.15. The number of hydrogen-bond donors (Lipinski definition) is 1. The van der Waals surface area contributed by atoms with Gasteiger partial charge in [-0.25, -0.2) is 4.39 Å². The molecule has 2 aromatic rings. The van der Waals surface area contributed by atoms with Crippen molar-refractivity contribution >= 4 is 11.6 Å². The summed E-state index contributed by atoms with van der Waals surface area (Å²) in [6.45, 7) is 0.654. The van der Waals surface area contributed by atoms with Crippen molar-refractivity contribution in [2.45, 2.75) is 18.4 Å². The fourth-order valence-corrected chi connectivity index (χ4v) is 3.00. The monoisotopic (exact) mass is 305 g/mol. The van der Waals surface area contributed by atoms with Crippen molar-refractivity contribution in [3.63, 3.8) is 0 Å². The van der Waals surface area contributed by atoms with Gasteiger partial charge in [0.1, 0.15) is 11.6 Å². The second-order valence-electron chi connectivity index (χ2n) is 5.30. The number of hydrogen-bond acceptors (Lipinski definition) is 2. The fourth-order valence-electron chi connectivity index (χ4n) is 2.89. The lowest BCUT2D eigenvalue weighted by molar-refractivity contribution is 0.302. The van der Waals surface area contributed by atoms with Gasteiger partial charge >= 0.3 is 0 Å². The predicted octanol–water partition coefficient (Wildman–Crippen LogP) is 3.79. The Hall–Kier alpha value is -1.58. The van der Waals surface area contributed by atoms with E-state index in [0.717, 1.165) is 17.7 Å². The summed E-state index contributed by atoms with van der Waals surface area (Å²) < 4.78 is 19.3. The molecule has 0 aromatic heterocycles. The quantitative estimate of drug-likeness (QED) is 0.928. The van der Waals surface area contributed by atoms with Gasteiger partial charge in [0.05, 0.1) is 11.6 Å². The predicted molar refractivity (Wildman–Crippen MR) is 82.6 cm³/mol. The largest absolute Gasteiger partial charge is 0.493 e. The smallest absolute Gasteiger partial charge is 0.142 e. The van der Waals surface area contributed by atoms with Crippen LogP contribution in [0, 0.1) is 5.82 Å². The third-order valence-corrected chi connectivity index (χ3v) is 4.34. The minimum absolute atomic E-state index is 0.161. The molecular weight excluding hydrogens is 289 g/mol. The number of halogens is 2. The minimum atomic E-state index is -0.368. The first-order valence-corrected chi connectivity index (χ1v) is 7.39. The molecule has 2 atom stereocenters. The first-order chi connectivity index (χ1) is 10.2. The Morgan fingerprint density at radius 3 is 2.90 bits per heavy atom. The van der Waals surface area contributed by atoms with Gasteiger partial charge in [0, 0.05) is 17.5 Å². The summed E-state index contributed by atoms with van der Waals surface area (Å²) in [6, 6.07) is 13.3. The van der Waals surface area contributed by atoms with Crippen LogP contribution in [0.1, 0.15) is 17.0 Å². The van der Waals surface area contributed by atoms with Crippen LogP contribution in [0.5, 0.6) is 5.75 Å². The van der Waals surface area contributed by atoms with Crippen molar-refractivity contribution in [1.82, 2.24) is 5.32 Å². The Balaban J connectivity index is 1.81. The second kappa shape index (κ2) is 6.04. The number of para-hydroxylation sites is 1. The minimum Gasteiger partial charge on any atom is -0.493 e. The molecule has 1 heterocycles. The van der Waals surface area contributed by atoms with Gasteiger partial charge in [0.15, 0.2) is 0 Å². The van der Waals surface area contributed by atoms with E-state index in [0.29, 0.717) is 6.61 Å². The fraction of sp³-hybridized carbons (Fsp3) is 0.294. The molecule has 4 heteroatoms. The van der Waals surface area contributed by atoms with Gasteiger partial charge in [0.2, 0.25) is 0 Å². The van der Waals surface area contributed by atoms with E-state index in [-0.39, 0.29) is 22.8 Å². The number of fused-ring (bicyclic) bond motifs is 1. The van der Waals surface area contributed by atoms with Gasteiger partial charge < -0.3 is 10.1 Å². The van der Waals surface area contributed by atoms with E-state index in [2.05, 4.69) is 11.4 Å². The van der Waals surface area contributed by atoms with Crippen molar-refractivity contribution in [3.05, 3.63) is 64.4 Å². The van der Waals surface area contributed by atoms with Crippen LogP contribution in [0.15, 0.2) is 42.5 Å². The van der Waals surface area contributed by atoms with Crippen LogP contribution in [-0.2, 0) is 6.42 Å². The molecule has 2 aromatic carbocycles. The summed E-state index contributed by atoms with van der Waals surface area (Å²) >= 11 is 5.73. The molecule has 0 aliphatic carbocycles. The molecule has 0 spiro atoms. The highest BCUT2D eigenvalue weighted by molar-refractivity contribution is 6.30. The van der Waals surface area contributed by atoms with Gasteiger partial charge in [-0.1, -0.05) is 35.9 Å². The van der Waals surface area contributed by atoms with Gasteiger partial charge in [-0.3, -0.25) is 0 Å². The summed E-state index contributed by atoms with van der Waals surface area (Å²) in [5.74, 6) is 0.849. The highest BCUT2D eigenvalue weighted by atomic mass is 35.5. The Bertz CT molecular complexity index is 646. The average Bonchev–Trinajstić information content (AvgIpc) is 2.92. The third kappa shape index (κ3) is 2.89. The van der Waals surface area contributed by atoms with Gasteiger partial charge in [-0.2, -0.15) is 0 Å². The van der Waals surface area contributed by atoms with Crippen LogP contribution in [-0.4, -0.2) is 19.7 Å². The Morgan fingerprint density at radius 2 is 2.14 bits per heavy atom. The maximum atomic E-state index is 13.6. The van der Waals surface area contributed by atoms with Crippen molar-refractivity contribution in [2.75, 3.05) is 13.7 Å². The Kier molecular flexibility index (Phi) is 4.13. The van der Waals surface area contributed by atoms with Crippen LogP contribution in [0.25, 0.3) is 0 Å². The molecule has 21 heavy (non-hydrogen) atoms. The molecule has 0 saturated carbocycles. The molecule has 1 N–H and O–H groups in total. The third-order valence-electron chi connectivity index (χ3n) is 4.03. The van der Waals surface area contributed by atoms with E-state index in [9.17, 15) is 4.39 Å². The van der Waals surface area contributed by atoms with E-state index >= 15 is 0 Å². The van der Waals surface area contributed by atoms with Crippen LogP contribution >= 0.6 is 11.6 Å². The van der Waals surface area contributed by atoms with Crippen LogP contribution in [0.2, 0.25) is 5.02 Å². The molecular formula is C17H17ClFNO. The van der Waals surface area contributed by atoms with Gasteiger partial charge in [-0.15, -0.1) is 0 Å². The summed E-state index contributed by atoms with van der Waals surface area (Å²) in [6.07, 6.45) is 0.729. The molecule has 110 valence electrons. The first-order valence-electron chi connectivity index (χ1n) is 7.02. The highest BCUT2D eigenvalue weighted by Gasteiger charge is 2.30. The number of benzene rings is 2. The zero-order valence-corrected chi connectivity index (χ0v) is 12.5. The van der Waals surface area contributed by atoms with Gasteiger partial charge in [0.25, 0.3) is 0 Å². The maximum Gasteiger partial charge on any atom is 0.142 e. The molecule has 0 radical (unpaired) electrons.